The number of hydrogen-bond acceptors (Lipinski definition) is 3. The van der Waals surface area contributed by atoms with Gasteiger partial charge in [0.1, 0.15) is 5.75 Å². The van der Waals surface area contributed by atoms with Crippen LogP contribution in [0.2, 0.25) is 0 Å². The van der Waals surface area contributed by atoms with Gasteiger partial charge in [-0.05, 0) is 49.7 Å². The fraction of sp³-hybridized carbons (Fsp3) is 0.333. The van der Waals surface area contributed by atoms with E-state index >= 15 is 0 Å². The zero-order valence-electron chi connectivity index (χ0n) is 15.8. The molecule has 2 aromatic rings. The Morgan fingerprint density at radius 2 is 1.58 bits per heavy atom. The first-order chi connectivity index (χ1) is 12.3. The zero-order chi connectivity index (χ0) is 19.1. The van der Waals surface area contributed by atoms with E-state index in [1.54, 1.807) is 24.3 Å². The average Bonchev–Trinajstić information content (AvgIpc) is 2.58. The van der Waals surface area contributed by atoms with E-state index in [1.807, 2.05) is 39.8 Å². The molecule has 138 valence electrons. The second kappa shape index (κ2) is 9.04. The number of anilines is 2. The Hall–Kier alpha value is -2.82. The van der Waals surface area contributed by atoms with Crippen LogP contribution < -0.4 is 15.4 Å². The highest BCUT2D eigenvalue weighted by atomic mass is 16.5. The van der Waals surface area contributed by atoms with Crippen molar-refractivity contribution in [2.75, 3.05) is 17.2 Å². The zero-order valence-corrected chi connectivity index (χ0v) is 15.8. The molecule has 0 spiro atoms. The molecule has 0 saturated carbocycles. The third kappa shape index (κ3) is 5.92. The second-order valence-electron chi connectivity index (χ2n) is 6.64. The van der Waals surface area contributed by atoms with Crippen LogP contribution in [0, 0.1) is 19.8 Å². The summed E-state index contributed by atoms with van der Waals surface area (Å²) in [7, 11) is 0. The van der Waals surface area contributed by atoms with E-state index in [4.69, 9.17) is 4.74 Å². The molecule has 0 aliphatic rings. The number of amides is 2. The predicted octanol–water partition coefficient (Wildman–Crippen LogP) is 4.31. The lowest BCUT2D eigenvalue weighted by Crippen LogP contribution is -2.18. The van der Waals surface area contributed by atoms with Gasteiger partial charge in [-0.1, -0.05) is 31.5 Å². The van der Waals surface area contributed by atoms with E-state index in [0.29, 0.717) is 18.0 Å². The van der Waals surface area contributed by atoms with Gasteiger partial charge in [-0.2, -0.15) is 0 Å². The number of nitrogens with one attached hydrogen (secondary N) is 2. The molecule has 0 radical (unpaired) electrons. The van der Waals surface area contributed by atoms with Gasteiger partial charge in [-0.15, -0.1) is 0 Å². The molecule has 0 unspecified atom stereocenters. The Labute approximate surface area is 154 Å². The summed E-state index contributed by atoms with van der Waals surface area (Å²) < 4.78 is 5.68. The van der Waals surface area contributed by atoms with E-state index in [2.05, 4.69) is 16.7 Å². The maximum absolute atomic E-state index is 12.0. The van der Waals surface area contributed by atoms with Gasteiger partial charge >= 0.3 is 0 Å². The van der Waals surface area contributed by atoms with Crippen LogP contribution in [0.5, 0.6) is 5.75 Å². The van der Waals surface area contributed by atoms with E-state index in [-0.39, 0.29) is 24.2 Å². The molecule has 2 amide bonds. The fourth-order valence-electron chi connectivity index (χ4n) is 2.36. The van der Waals surface area contributed by atoms with E-state index in [9.17, 15) is 9.59 Å². The predicted molar refractivity (Wildman–Crippen MR) is 105 cm³/mol. The van der Waals surface area contributed by atoms with Crippen molar-refractivity contribution in [3.8, 4) is 5.75 Å². The van der Waals surface area contributed by atoms with Crippen molar-refractivity contribution in [3.63, 3.8) is 0 Å². The van der Waals surface area contributed by atoms with Crippen molar-refractivity contribution < 1.29 is 14.3 Å². The minimum atomic E-state index is -0.117. The first-order valence-electron chi connectivity index (χ1n) is 8.76. The molecule has 26 heavy (non-hydrogen) atoms. The molecule has 2 rings (SSSR count). The van der Waals surface area contributed by atoms with Gasteiger partial charge in [-0.3, -0.25) is 9.59 Å². The second-order valence-corrected chi connectivity index (χ2v) is 6.64. The van der Waals surface area contributed by atoms with Gasteiger partial charge < -0.3 is 15.4 Å². The third-order valence-corrected chi connectivity index (χ3v) is 3.88. The Kier molecular flexibility index (Phi) is 6.78. The molecule has 0 aliphatic carbocycles. The van der Waals surface area contributed by atoms with Gasteiger partial charge in [0.05, 0.1) is 13.0 Å². The van der Waals surface area contributed by atoms with Crippen molar-refractivity contribution >= 4 is 23.2 Å². The molecular formula is C21H26N2O3. The Balaban J connectivity index is 1.79. The molecule has 0 bridgehead atoms. The molecule has 0 saturated heterocycles. The monoisotopic (exact) mass is 354 g/mol. The maximum Gasteiger partial charge on any atom is 0.227 e. The highest BCUT2D eigenvalue weighted by Crippen LogP contribution is 2.19. The minimum absolute atomic E-state index is 0.0367. The fourth-order valence-corrected chi connectivity index (χ4v) is 2.36. The maximum atomic E-state index is 12.0. The van der Waals surface area contributed by atoms with Crippen LogP contribution in [0.4, 0.5) is 11.4 Å². The molecule has 2 N–H and O–H groups in total. The van der Waals surface area contributed by atoms with Crippen molar-refractivity contribution in [1.82, 2.24) is 0 Å². The molecule has 5 nitrogen and oxygen atoms in total. The Morgan fingerprint density at radius 1 is 0.962 bits per heavy atom. The number of rotatable bonds is 7. The van der Waals surface area contributed by atoms with Gasteiger partial charge in [0.25, 0.3) is 0 Å². The summed E-state index contributed by atoms with van der Waals surface area (Å²) >= 11 is 0. The minimum Gasteiger partial charge on any atom is -0.493 e. The lowest BCUT2D eigenvalue weighted by atomic mass is 10.1. The molecule has 0 aromatic heterocycles. The first kappa shape index (κ1) is 19.5. The van der Waals surface area contributed by atoms with Gasteiger partial charge in [0, 0.05) is 17.3 Å². The summed E-state index contributed by atoms with van der Waals surface area (Å²) in [5, 5.41) is 5.64. The first-order valence-corrected chi connectivity index (χ1v) is 8.76. The smallest absolute Gasteiger partial charge is 0.227 e. The molecule has 0 aliphatic heterocycles. The van der Waals surface area contributed by atoms with Crippen LogP contribution in [0.1, 0.15) is 31.4 Å². The molecule has 0 atom stereocenters. The van der Waals surface area contributed by atoms with Crippen LogP contribution in [0.25, 0.3) is 0 Å². The summed E-state index contributed by atoms with van der Waals surface area (Å²) in [4.78, 5) is 23.7. The lowest BCUT2D eigenvalue weighted by molar-refractivity contribution is -0.119. The quantitative estimate of drug-likeness (QED) is 0.779. The van der Waals surface area contributed by atoms with Gasteiger partial charge in [-0.25, -0.2) is 0 Å². The number of benzene rings is 2. The third-order valence-electron chi connectivity index (χ3n) is 3.88. The summed E-state index contributed by atoms with van der Waals surface area (Å²) in [6.07, 6.45) is 0.263. The van der Waals surface area contributed by atoms with E-state index in [0.717, 1.165) is 11.3 Å². The largest absolute Gasteiger partial charge is 0.493 e. The summed E-state index contributed by atoms with van der Waals surface area (Å²) in [5.41, 5.74) is 3.63. The Bertz CT molecular complexity index is 767. The normalized spacial score (nSPS) is 10.5. The van der Waals surface area contributed by atoms with E-state index < -0.39 is 0 Å². The standard InChI is InChI=1S/C21H26N2O3/c1-14(2)21(25)23-18-8-6-17(7-9-18)22-20(24)11-12-26-19-10-5-15(3)13-16(19)4/h5-10,13-14H,11-12H2,1-4H3,(H,22,24)(H,23,25). The van der Waals surface area contributed by atoms with Gasteiger partial charge in [0.15, 0.2) is 0 Å². The SMILES string of the molecule is Cc1ccc(OCCC(=O)Nc2ccc(NC(=O)C(C)C)cc2)c(C)c1. The van der Waals surface area contributed by atoms with Crippen LogP contribution in [0.3, 0.4) is 0 Å². The number of carbonyl (C=O) groups excluding carboxylic acids is 2. The number of aryl methyl sites for hydroxylation is 2. The molecule has 0 fully saturated rings. The number of ether oxygens (including phenoxy) is 1. The van der Waals surface area contributed by atoms with Gasteiger partial charge in [0.2, 0.25) is 11.8 Å². The van der Waals surface area contributed by atoms with Crippen molar-refractivity contribution in [2.45, 2.75) is 34.1 Å². The van der Waals surface area contributed by atoms with E-state index in [1.165, 1.54) is 5.56 Å². The molecule has 5 heteroatoms. The summed E-state index contributed by atoms with van der Waals surface area (Å²) in [6, 6.07) is 13.0. The number of hydrogen-bond donors (Lipinski definition) is 2. The number of carbonyl (C=O) groups is 2. The summed E-state index contributed by atoms with van der Waals surface area (Å²) in [6.45, 7) is 8.01. The highest BCUT2D eigenvalue weighted by molar-refractivity contribution is 5.93. The van der Waals surface area contributed by atoms with Crippen molar-refractivity contribution in [3.05, 3.63) is 53.6 Å². The van der Waals surface area contributed by atoms with Crippen LogP contribution >= 0.6 is 0 Å². The molecule has 2 aromatic carbocycles. The molecular weight excluding hydrogens is 328 g/mol. The van der Waals surface area contributed by atoms with Crippen molar-refractivity contribution in [1.29, 1.82) is 0 Å². The lowest BCUT2D eigenvalue weighted by Gasteiger charge is -2.11. The highest BCUT2D eigenvalue weighted by Gasteiger charge is 2.08. The summed E-state index contributed by atoms with van der Waals surface area (Å²) in [5.74, 6) is 0.569. The van der Waals surface area contributed by atoms with Crippen molar-refractivity contribution in [2.24, 2.45) is 5.92 Å². The Morgan fingerprint density at radius 3 is 2.15 bits per heavy atom. The average molecular weight is 354 g/mol. The van der Waals surface area contributed by atoms with Crippen LogP contribution in [-0.2, 0) is 9.59 Å². The van der Waals surface area contributed by atoms with Crippen LogP contribution in [-0.4, -0.2) is 18.4 Å². The molecule has 0 heterocycles. The topological polar surface area (TPSA) is 67.4 Å². The van der Waals surface area contributed by atoms with Crippen LogP contribution in [0.15, 0.2) is 42.5 Å².